The third-order valence-corrected chi connectivity index (χ3v) is 5.10. The van der Waals surface area contributed by atoms with Crippen molar-refractivity contribution in [3.63, 3.8) is 0 Å². The van der Waals surface area contributed by atoms with E-state index in [1.54, 1.807) is 13.0 Å². The third kappa shape index (κ3) is 4.34. The van der Waals surface area contributed by atoms with Gasteiger partial charge in [-0.25, -0.2) is 28.3 Å². The minimum absolute atomic E-state index is 0.0152. The number of aromatic nitrogens is 4. The molecule has 148 valence electrons. The van der Waals surface area contributed by atoms with Crippen LogP contribution in [0.4, 0.5) is 0 Å². The number of nitrogens with zero attached hydrogens (tertiary/aromatic N) is 4. The quantitative estimate of drug-likeness (QED) is 0.597. The van der Waals surface area contributed by atoms with E-state index in [4.69, 9.17) is 9.88 Å². The summed E-state index contributed by atoms with van der Waals surface area (Å²) in [6, 6.07) is 4.53. The minimum atomic E-state index is -3.83. The van der Waals surface area contributed by atoms with E-state index in [0.717, 1.165) is 18.4 Å². The first-order valence-corrected chi connectivity index (χ1v) is 10.3. The van der Waals surface area contributed by atoms with E-state index < -0.39 is 16.0 Å². The molecule has 0 aliphatic carbocycles. The van der Waals surface area contributed by atoms with Crippen molar-refractivity contribution in [2.45, 2.75) is 44.7 Å². The second-order valence-electron chi connectivity index (χ2n) is 6.35. The largest absolute Gasteiger partial charge is 0.453 e. The van der Waals surface area contributed by atoms with Gasteiger partial charge in [-0.05, 0) is 31.5 Å². The summed E-state index contributed by atoms with van der Waals surface area (Å²) in [5.74, 6) is -0.0877. The number of hydrogen-bond donors (Lipinski definition) is 1. The summed E-state index contributed by atoms with van der Waals surface area (Å²) in [4.78, 5) is 24.7. The van der Waals surface area contributed by atoms with Gasteiger partial charge in [0.25, 0.3) is 0 Å². The second kappa shape index (κ2) is 8.03. The number of carbonyl (C=O) groups excluding carboxylic acids is 1. The average molecular weight is 403 g/mol. The highest BCUT2D eigenvalue weighted by Gasteiger charge is 2.17. The second-order valence-corrected chi connectivity index (χ2v) is 7.91. The van der Waals surface area contributed by atoms with Gasteiger partial charge >= 0.3 is 5.97 Å². The van der Waals surface area contributed by atoms with Gasteiger partial charge in [-0.1, -0.05) is 13.3 Å². The van der Waals surface area contributed by atoms with Crippen molar-refractivity contribution in [2.75, 3.05) is 0 Å². The Kier molecular flexibility index (Phi) is 5.71. The molecule has 0 spiro atoms. The molecule has 3 rings (SSSR count). The van der Waals surface area contributed by atoms with Crippen molar-refractivity contribution in [1.29, 1.82) is 0 Å². The van der Waals surface area contributed by atoms with Crippen molar-refractivity contribution in [3.05, 3.63) is 47.8 Å². The highest BCUT2D eigenvalue weighted by molar-refractivity contribution is 7.89. The Morgan fingerprint density at radius 2 is 2.04 bits per heavy atom. The number of ether oxygens (including phenoxy) is 1. The van der Waals surface area contributed by atoms with Crippen LogP contribution in [0.5, 0.6) is 0 Å². The van der Waals surface area contributed by atoms with Crippen LogP contribution >= 0.6 is 0 Å². The summed E-state index contributed by atoms with van der Waals surface area (Å²) in [6.45, 7) is 4.43. The maximum absolute atomic E-state index is 12.2. The highest BCUT2D eigenvalue weighted by Crippen LogP contribution is 2.21. The van der Waals surface area contributed by atoms with E-state index >= 15 is 0 Å². The molecule has 2 heterocycles. The molecule has 10 heteroatoms. The maximum atomic E-state index is 12.2. The molecule has 28 heavy (non-hydrogen) atoms. The summed E-state index contributed by atoms with van der Waals surface area (Å²) >= 11 is 0. The summed E-state index contributed by atoms with van der Waals surface area (Å²) in [6.07, 6.45) is 4.71. The first-order valence-electron chi connectivity index (χ1n) is 8.77. The van der Waals surface area contributed by atoms with Crippen LogP contribution in [0.15, 0.2) is 35.5 Å². The SMILES string of the molecule is CCCCn1c(COC(=O)c2cnc(C)cn2)nc2cc(S(N)(=O)=O)ccc21. The van der Waals surface area contributed by atoms with Crippen molar-refractivity contribution < 1.29 is 17.9 Å². The Morgan fingerprint density at radius 3 is 2.68 bits per heavy atom. The van der Waals surface area contributed by atoms with Crippen LogP contribution in [0.2, 0.25) is 0 Å². The number of nitrogens with two attached hydrogens (primary N) is 1. The molecule has 0 atom stereocenters. The number of esters is 1. The highest BCUT2D eigenvalue weighted by atomic mass is 32.2. The van der Waals surface area contributed by atoms with Crippen LogP contribution in [0.25, 0.3) is 11.0 Å². The normalized spacial score (nSPS) is 11.7. The molecule has 0 amide bonds. The molecule has 0 aliphatic rings. The standard InChI is InChI=1S/C18H21N5O4S/c1-3-4-7-23-16-6-5-13(28(19,25)26)8-14(16)22-17(23)11-27-18(24)15-10-20-12(2)9-21-15/h5-6,8-10H,3-4,7,11H2,1-2H3,(H2,19,25,26). The first kappa shape index (κ1) is 19.9. The predicted molar refractivity (Wildman–Crippen MR) is 102 cm³/mol. The van der Waals surface area contributed by atoms with E-state index in [-0.39, 0.29) is 17.2 Å². The molecule has 9 nitrogen and oxygen atoms in total. The number of hydrogen-bond acceptors (Lipinski definition) is 7. The number of rotatable bonds is 7. The number of imidazole rings is 1. The summed E-state index contributed by atoms with van der Waals surface area (Å²) in [7, 11) is -3.83. The van der Waals surface area contributed by atoms with Gasteiger partial charge in [0, 0.05) is 12.7 Å². The van der Waals surface area contributed by atoms with Gasteiger partial charge < -0.3 is 9.30 Å². The minimum Gasteiger partial charge on any atom is -0.453 e. The summed E-state index contributed by atoms with van der Waals surface area (Å²) in [5.41, 5.74) is 2.03. The van der Waals surface area contributed by atoms with Gasteiger partial charge in [0.1, 0.15) is 12.4 Å². The van der Waals surface area contributed by atoms with E-state index in [1.807, 2.05) is 4.57 Å². The van der Waals surface area contributed by atoms with Crippen LogP contribution < -0.4 is 5.14 Å². The van der Waals surface area contributed by atoms with Gasteiger partial charge in [-0.2, -0.15) is 0 Å². The Balaban J connectivity index is 1.89. The zero-order chi connectivity index (χ0) is 20.3. The lowest BCUT2D eigenvalue weighted by Crippen LogP contribution is -2.12. The molecule has 0 saturated heterocycles. The van der Waals surface area contributed by atoms with Gasteiger partial charge in [0.2, 0.25) is 10.0 Å². The number of benzene rings is 1. The fraction of sp³-hybridized carbons (Fsp3) is 0.333. The summed E-state index contributed by atoms with van der Waals surface area (Å²) < 4.78 is 30.4. The monoisotopic (exact) mass is 403 g/mol. The fourth-order valence-corrected chi connectivity index (χ4v) is 3.25. The zero-order valence-electron chi connectivity index (χ0n) is 15.6. The zero-order valence-corrected chi connectivity index (χ0v) is 16.4. The van der Waals surface area contributed by atoms with Crippen LogP contribution in [0.3, 0.4) is 0 Å². The fourth-order valence-electron chi connectivity index (χ4n) is 2.71. The number of primary sulfonamides is 1. The van der Waals surface area contributed by atoms with Crippen molar-refractivity contribution >= 4 is 27.0 Å². The molecule has 2 N–H and O–H groups in total. The van der Waals surface area contributed by atoms with Crippen LogP contribution in [-0.2, 0) is 27.9 Å². The Bertz CT molecular complexity index is 1110. The van der Waals surface area contributed by atoms with E-state index in [0.29, 0.717) is 23.6 Å². The van der Waals surface area contributed by atoms with Crippen LogP contribution in [0, 0.1) is 6.92 Å². The summed E-state index contributed by atoms with van der Waals surface area (Å²) in [5, 5.41) is 5.20. The van der Waals surface area contributed by atoms with Gasteiger partial charge in [-0.15, -0.1) is 0 Å². The number of unbranched alkanes of at least 4 members (excludes halogenated alkanes) is 1. The molecular formula is C18H21N5O4S. The molecule has 0 unspecified atom stereocenters. The number of fused-ring (bicyclic) bond motifs is 1. The average Bonchev–Trinajstić information content (AvgIpc) is 3.01. The van der Waals surface area contributed by atoms with Crippen LogP contribution in [0.1, 0.15) is 41.8 Å². The topological polar surface area (TPSA) is 130 Å². The molecule has 0 bridgehead atoms. The number of carbonyl (C=O) groups is 1. The molecular weight excluding hydrogens is 382 g/mol. The lowest BCUT2D eigenvalue weighted by molar-refractivity contribution is 0.0451. The van der Waals surface area contributed by atoms with E-state index in [2.05, 4.69) is 21.9 Å². The number of aryl methyl sites for hydroxylation is 2. The van der Waals surface area contributed by atoms with Crippen molar-refractivity contribution in [3.8, 4) is 0 Å². The van der Waals surface area contributed by atoms with Gasteiger partial charge in [0.05, 0.1) is 27.8 Å². The van der Waals surface area contributed by atoms with E-state index in [9.17, 15) is 13.2 Å². The molecule has 0 aliphatic heterocycles. The van der Waals surface area contributed by atoms with Crippen LogP contribution in [-0.4, -0.2) is 33.9 Å². The molecule has 0 fully saturated rings. The Hall–Kier alpha value is -2.85. The Labute approximate surface area is 162 Å². The van der Waals surface area contributed by atoms with Crippen molar-refractivity contribution in [1.82, 2.24) is 19.5 Å². The lowest BCUT2D eigenvalue weighted by atomic mass is 10.3. The number of sulfonamides is 1. The Morgan fingerprint density at radius 1 is 1.25 bits per heavy atom. The molecule has 2 aromatic heterocycles. The van der Waals surface area contributed by atoms with Gasteiger partial charge in [-0.3, -0.25) is 4.98 Å². The third-order valence-electron chi connectivity index (χ3n) is 4.19. The molecule has 1 aromatic carbocycles. The van der Waals surface area contributed by atoms with Crippen molar-refractivity contribution in [2.24, 2.45) is 5.14 Å². The predicted octanol–water partition coefficient (Wildman–Crippen LogP) is 1.94. The first-order chi connectivity index (χ1) is 13.3. The van der Waals surface area contributed by atoms with E-state index in [1.165, 1.54) is 24.5 Å². The maximum Gasteiger partial charge on any atom is 0.358 e. The molecule has 0 radical (unpaired) electrons. The smallest absolute Gasteiger partial charge is 0.358 e. The molecule has 0 saturated carbocycles. The molecule has 3 aromatic rings. The van der Waals surface area contributed by atoms with Gasteiger partial charge in [0.15, 0.2) is 5.69 Å². The lowest BCUT2D eigenvalue weighted by Gasteiger charge is -2.09.